The first-order valence-corrected chi connectivity index (χ1v) is 7.79. The molecule has 0 unspecified atom stereocenters. The van der Waals surface area contributed by atoms with Crippen LogP contribution in [0.3, 0.4) is 0 Å². The predicted octanol–water partition coefficient (Wildman–Crippen LogP) is 4.10. The van der Waals surface area contributed by atoms with Crippen molar-refractivity contribution in [2.45, 2.75) is 6.54 Å². The zero-order chi connectivity index (χ0) is 16.8. The van der Waals surface area contributed by atoms with Crippen LogP contribution in [-0.4, -0.2) is 22.8 Å². The summed E-state index contributed by atoms with van der Waals surface area (Å²) in [5, 5.41) is 3.31. The maximum Gasteiger partial charge on any atom is 0.256 e. The van der Waals surface area contributed by atoms with Gasteiger partial charge in [-0.15, -0.1) is 0 Å². The van der Waals surface area contributed by atoms with E-state index < -0.39 is 0 Å². The van der Waals surface area contributed by atoms with Crippen molar-refractivity contribution in [3.05, 3.63) is 90.3 Å². The highest BCUT2D eigenvalue weighted by atomic mass is 16.2. The number of anilines is 2. The van der Waals surface area contributed by atoms with Gasteiger partial charge in [0.25, 0.3) is 5.91 Å². The molecule has 0 saturated heterocycles. The fourth-order valence-electron chi connectivity index (χ4n) is 2.50. The molecule has 3 aromatic rings. The number of hydrogen-bond donors (Lipinski definition) is 1. The minimum absolute atomic E-state index is 0.0224. The summed E-state index contributed by atoms with van der Waals surface area (Å²) in [7, 11) is 1.81. The van der Waals surface area contributed by atoms with Gasteiger partial charge in [-0.05, 0) is 42.0 Å². The van der Waals surface area contributed by atoms with Crippen LogP contribution in [0.2, 0.25) is 0 Å². The van der Waals surface area contributed by atoms with Gasteiger partial charge in [0, 0.05) is 31.7 Å². The highest BCUT2D eigenvalue weighted by Crippen LogP contribution is 2.22. The molecule has 0 aliphatic heterocycles. The Bertz CT molecular complexity index is 803. The highest BCUT2D eigenvalue weighted by Gasteiger charge is 2.15. The van der Waals surface area contributed by atoms with Crippen molar-refractivity contribution >= 4 is 17.3 Å². The number of rotatable bonds is 5. The topological polar surface area (TPSA) is 45.2 Å². The third kappa shape index (κ3) is 3.79. The lowest BCUT2D eigenvalue weighted by molar-refractivity contribution is 0.0786. The minimum Gasteiger partial charge on any atom is -0.355 e. The van der Waals surface area contributed by atoms with Crippen LogP contribution in [0.15, 0.2) is 79.1 Å². The van der Waals surface area contributed by atoms with Gasteiger partial charge in [0.2, 0.25) is 0 Å². The molecule has 0 bridgehead atoms. The Morgan fingerprint density at radius 3 is 2.38 bits per heavy atom. The van der Waals surface area contributed by atoms with Gasteiger partial charge < -0.3 is 10.2 Å². The van der Waals surface area contributed by atoms with Gasteiger partial charge in [-0.25, -0.2) is 0 Å². The number of nitrogens with one attached hydrogen (secondary N) is 1. The summed E-state index contributed by atoms with van der Waals surface area (Å²) in [4.78, 5) is 18.5. The normalized spacial score (nSPS) is 10.2. The monoisotopic (exact) mass is 317 g/mol. The molecule has 1 N–H and O–H groups in total. The van der Waals surface area contributed by atoms with Crippen molar-refractivity contribution in [2.24, 2.45) is 0 Å². The zero-order valence-corrected chi connectivity index (χ0v) is 13.5. The number of aromatic nitrogens is 1. The van der Waals surface area contributed by atoms with Gasteiger partial charge in [0.1, 0.15) is 0 Å². The van der Waals surface area contributed by atoms with E-state index in [4.69, 9.17) is 0 Å². The third-order valence-electron chi connectivity index (χ3n) is 3.73. The van der Waals surface area contributed by atoms with E-state index in [1.807, 2.05) is 73.8 Å². The molecule has 1 heterocycles. The summed E-state index contributed by atoms with van der Waals surface area (Å²) in [6.45, 7) is 0.543. The Kier molecular flexibility index (Phi) is 4.87. The molecule has 0 spiro atoms. The predicted molar refractivity (Wildman–Crippen MR) is 96.2 cm³/mol. The lowest BCUT2D eigenvalue weighted by Gasteiger charge is -2.19. The van der Waals surface area contributed by atoms with Crippen LogP contribution < -0.4 is 5.32 Å². The molecule has 0 radical (unpaired) electrons. The summed E-state index contributed by atoms with van der Waals surface area (Å²) in [6, 6.07) is 21.2. The summed E-state index contributed by atoms with van der Waals surface area (Å²) in [6.07, 6.45) is 3.47. The van der Waals surface area contributed by atoms with Crippen LogP contribution >= 0.6 is 0 Å². The Morgan fingerprint density at radius 2 is 1.62 bits per heavy atom. The minimum atomic E-state index is -0.0224. The average Bonchev–Trinajstić information content (AvgIpc) is 2.63. The van der Waals surface area contributed by atoms with E-state index in [0.717, 1.165) is 16.9 Å². The Balaban J connectivity index is 1.79. The molecule has 2 aromatic carbocycles. The number of carbonyl (C=O) groups is 1. The average molecular weight is 317 g/mol. The Morgan fingerprint density at radius 1 is 0.958 bits per heavy atom. The first-order chi connectivity index (χ1) is 11.7. The number of amides is 1. The molecule has 3 rings (SSSR count). The molecule has 1 aromatic heterocycles. The van der Waals surface area contributed by atoms with Gasteiger partial charge in [0.05, 0.1) is 11.3 Å². The molecule has 1 amide bonds. The second kappa shape index (κ2) is 7.42. The smallest absolute Gasteiger partial charge is 0.256 e. The molecule has 4 heteroatoms. The van der Waals surface area contributed by atoms with Crippen LogP contribution in [0.4, 0.5) is 11.4 Å². The number of hydrogen-bond acceptors (Lipinski definition) is 3. The Hall–Kier alpha value is -3.14. The first-order valence-electron chi connectivity index (χ1n) is 7.79. The fourth-order valence-corrected chi connectivity index (χ4v) is 2.50. The van der Waals surface area contributed by atoms with Crippen molar-refractivity contribution in [3.63, 3.8) is 0 Å². The molecule has 0 fully saturated rings. The molecular formula is C20H19N3O. The van der Waals surface area contributed by atoms with Crippen molar-refractivity contribution in [1.29, 1.82) is 0 Å². The quantitative estimate of drug-likeness (QED) is 0.770. The number of pyridine rings is 1. The number of nitrogens with zero attached hydrogens (tertiary/aromatic N) is 2. The molecular weight excluding hydrogens is 298 g/mol. The van der Waals surface area contributed by atoms with E-state index in [2.05, 4.69) is 10.3 Å². The lowest BCUT2D eigenvalue weighted by atomic mass is 10.1. The van der Waals surface area contributed by atoms with Crippen molar-refractivity contribution < 1.29 is 4.79 Å². The second-order valence-electron chi connectivity index (χ2n) is 5.55. The van der Waals surface area contributed by atoms with Crippen LogP contribution in [0.5, 0.6) is 0 Å². The van der Waals surface area contributed by atoms with Gasteiger partial charge in [-0.3, -0.25) is 9.78 Å². The molecule has 0 saturated carbocycles. The van der Waals surface area contributed by atoms with Crippen molar-refractivity contribution in [2.75, 3.05) is 12.4 Å². The van der Waals surface area contributed by atoms with E-state index in [1.165, 1.54) is 0 Å². The van der Waals surface area contributed by atoms with Crippen LogP contribution in [0.25, 0.3) is 0 Å². The summed E-state index contributed by atoms with van der Waals surface area (Å²) >= 11 is 0. The first kappa shape index (κ1) is 15.7. The molecule has 24 heavy (non-hydrogen) atoms. The SMILES string of the molecule is CN(Cc1ccncc1)C(=O)c1ccccc1Nc1ccccc1. The van der Waals surface area contributed by atoms with Crippen molar-refractivity contribution in [1.82, 2.24) is 9.88 Å². The molecule has 120 valence electrons. The number of carbonyl (C=O) groups excluding carboxylic acids is 1. The van der Waals surface area contributed by atoms with Gasteiger partial charge in [-0.2, -0.15) is 0 Å². The van der Waals surface area contributed by atoms with Crippen molar-refractivity contribution in [3.8, 4) is 0 Å². The van der Waals surface area contributed by atoms with Gasteiger partial charge >= 0.3 is 0 Å². The third-order valence-corrected chi connectivity index (χ3v) is 3.73. The molecule has 0 aliphatic rings. The largest absolute Gasteiger partial charge is 0.355 e. The number of benzene rings is 2. The van der Waals surface area contributed by atoms with E-state index >= 15 is 0 Å². The van der Waals surface area contributed by atoms with E-state index in [1.54, 1.807) is 17.3 Å². The zero-order valence-electron chi connectivity index (χ0n) is 13.5. The molecule has 4 nitrogen and oxygen atoms in total. The lowest BCUT2D eigenvalue weighted by Crippen LogP contribution is -2.26. The molecule has 0 atom stereocenters. The highest BCUT2D eigenvalue weighted by molar-refractivity contribution is 6.00. The van der Waals surface area contributed by atoms with Crippen LogP contribution in [0, 0.1) is 0 Å². The maximum atomic E-state index is 12.8. The van der Waals surface area contributed by atoms with E-state index in [0.29, 0.717) is 12.1 Å². The van der Waals surface area contributed by atoms with Gasteiger partial charge in [0.15, 0.2) is 0 Å². The van der Waals surface area contributed by atoms with Gasteiger partial charge in [-0.1, -0.05) is 30.3 Å². The Labute approximate surface area is 141 Å². The molecule has 0 aliphatic carbocycles. The number of para-hydroxylation sites is 2. The second-order valence-corrected chi connectivity index (χ2v) is 5.55. The summed E-state index contributed by atoms with van der Waals surface area (Å²) < 4.78 is 0. The standard InChI is InChI=1S/C20H19N3O/c1-23(15-16-11-13-21-14-12-16)20(24)18-9-5-6-10-19(18)22-17-7-3-2-4-8-17/h2-14,22H,15H2,1H3. The van der Waals surface area contributed by atoms with Crippen LogP contribution in [0.1, 0.15) is 15.9 Å². The maximum absolute atomic E-state index is 12.8. The van der Waals surface area contributed by atoms with Crippen LogP contribution in [-0.2, 0) is 6.54 Å². The van der Waals surface area contributed by atoms with E-state index in [9.17, 15) is 4.79 Å². The fraction of sp³-hybridized carbons (Fsp3) is 0.100. The summed E-state index contributed by atoms with van der Waals surface area (Å²) in [5.74, 6) is -0.0224. The summed E-state index contributed by atoms with van der Waals surface area (Å²) in [5.41, 5.74) is 3.46. The van der Waals surface area contributed by atoms with E-state index in [-0.39, 0.29) is 5.91 Å².